The van der Waals surface area contributed by atoms with Crippen LogP contribution in [0.15, 0.2) is 67.0 Å². The monoisotopic (exact) mass is 627 g/mol. The Hall–Kier alpha value is -2.28. The zero-order chi connectivity index (χ0) is 31.3. The van der Waals surface area contributed by atoms with E-state index in [0.29, 0.717) is 13.2 Å². The van der Waals surface area contributed by atoms with Crippen molar-refractivity contribution in [2.45, 2.75) is 109 Å². The molecule has 0 saturated carbocycles. The predicted octanol–water partition coefficient (Wildman–Crippen LogP) is 8.55. The standard InChI is InChI=1S/C36H54NO6P/c1-3-4-5-6-7-8-9-10-11-12-13-14-15-18-26-41-30-36(40-2)31-42-44(38,39)43-35-23-19-20-32(27-35)28-37-25-24-33-21-16-17-22-34(33)29-37/h16-17,19-25,27,29,36H,3-15,18,26,28,30-31H2,1-2H3. The highest BCUT2D eigenvalue weighted by Gasteiger charge is 2.17. The Bertz CT molecular complexity index is 1240. The fourth-order valence-electron chi connectivity index (χ4n) is 5.32. The van der Waals surface area contributed by atoms with Crippen molar-refractivity contribution in [3.63, 3.8) is 0 Å². The summed E-state index contributed by atoms with van der Waals surface area (Å²) in [5.41, 5.74) is 0.912. The Kier molecular flexibility index (Phi) is 17.6. The largest absolute Gasteiger partial charge is 0.746 e. The van der Waals surface area contributed by atoms with Crippen LogP contribution < -0.4 is 14.0 Å². The van der Waals surface area contributed by atoms with Crippen LogP contribution in [0.5, 0.6) is 5.75 Å². The molecule has 44 heavy (non-hydrogen) atoms. The van der Waals surface area contributed by atoms with Gasteiger partial charge < -0.3 is 23.4 Å². The summed E-state index contributed by atoms with van der Waals surface area (Å²) in [7, 11) is -3.06. The normalized spacial score (nSPS) is 13.6. The van der Waals surface area contributed by atoms with Gasteiger partial charge >= 0.3 is 7.82 Å². The second-order valence-electron chi connectivity index (χ2n) is 11.8. The quantitative estimate of drug-likeness (QED) is 0.0532. The lowest BCUT2D eigenvalue weighted by Crippen LogP contribution is -2.33. The van der Waals surface area contributed by atoms with Gasteiger partial charge in [0.25, 0.3) is 0 Å². The average molecular weight is 628 g/mol. The molecular formula is C36H54NO6P. The van der Waals surface area contributed by atoms with Crippen molar-refractivity contribution in [3.05, 3.63) is 72.6 Å². The lowest BCUT2D eigenvalue weighted by atomic mass is 10.0. The number of methoxy groups -OCH3 is 1. The molecule has 1 heterocycles. The van der Waals surface area contributed by atoms with E-state index in [0.717, 1.165) is 23.8 Å². The molecule has 0 saturated heterocycles. The maximum Gasteiger partial charge on any atom is 0.319 e. The summed E-state index contributed by atoms with van der Waals surface area (Å²) in [6.07, 6.45) is 22.0. The van der Waals surface area contributed by atoms with E-state index in [9.17, 15) is 9.46 Å². The predicted molar refractivity (Wildman–Crippen MR) is 176 cm³/mol. The smallest absolute Gasteiger partial charge is 0.319 e. The number of aromatic nitrogens is 1. The van der Waals surface area contributed by atoms with Crippen molar-refractivity contribution in [2.75, 3.05) is 26.9 Å². The minimum absolute atomic E-state index is 0.164. The van der Waals surface area contributed by atoms with Crippen molar-refractivity contribution >= 4 is 18.6 Å². The Morgan fingerprint density at radius 1 is 0.773 bits per heavy atom. The number of phosphoric acid groups is 1. The maximum absolute atomic E-state index is 12.5. The summed E-state index contributed by atoms with van der Waals surface area (Å²) in [5, 5.41) is 2.30. The number of rotatable bonds is 25. The van der Waals surface area contributed by atoms with Gasteiger partial charge in [0.05, 0.1) is 13.2 Å². The molecule has 2 unspecified atom stereocenters. The molecule has 0 bridgehead atoms. The molecule has 2 atom stereocenters. The Morgan fingerprint density at radius 3 is 2.07 bits per heavy atom. The Labute approximate surface area is 265 Å². The van der Waals surface area contributed by atoms with Crippen LogP contribution in [0.1, 0.15) is 102 Å². The molecule has 3 aromatic rings. The van der Waals surface area contributed by atoms with Crippen LogP contribution in [-0.2, 0) is 25.1 Å². The first kappa shape index (κ1) is 36.2. The van der Waals surface area contributed by atoms with Gasteiger partial charge in [0.1, 0.15) is 11.9 Å². The van der Waals surface area contributed by atoms with Crippen LogP contribution >= 0.6 is 7.82 Å². The van der Waals surface area contributed by atoms with Crippen molar-refractivity contribution in [1.29, 1.82) is 0 Å². The number of ether oxygens (including phenoxy) is 2. The lowest BCUT2D eigenvalue weighted by molar-refractivity contribution is -0.687. The highest BCUT2D eigenvalue weighted by Crippen LogP contribution is 2.39. The van der Waals surface area contributed by atoms with Crippen molar-refractivity contribution in [2.24, 2.45) is 0 Å². The summed E-state index contributed by atoms with van der Waals surface area (Å²) in [6.45, 7) is 3.58. The number of phosphoric ester groups is 1. The van der Waals surface area contributed by atoms with Crippen LogP contribution in [0, 0.1) is 0 Å². The second-order valence-corrected chi connectivity index (χ2v) is 13.1. The first-order valence-corrected chi connectivity index (χ1v) is 18.2. The summed E-state index contributed by atoms with van der Waals surface area (Å²) in [6, 6.07) is 17.2. The van der Waals surface area contributed by atoms with Gasteiger partial charge in [-0.15, -0.1) is 0 Å². The van der Waals surface area contributed by atoms with Crippen LogP contribution in [-0.4, -0.2) is 33.0 Å². The third kappa shape index (κ3) is 15.1. The van der Waals surface area contributed by atoms with Crippen LogP contribution in [0.4, 0.5) is 0 Å². The fraction of sp³-hybridized carbons (Fsp3) is 0.583. The van der Waals surface area contributed by atoms with E-state index in [1.165, 1.54) is 89.5 Å². The van der Waals surface area contributed by atoms with Gasteiger partial charge in [0.2, 0.25) is 0 Å². The van der Waals surface area contributed by atoms with E-state index < -0.39 is 13.9 Å². The third-order valence-electron chi connectivity index (χ3n) is 7.93. The molecule has 0 aliphatic rings. The van der Waals surface area contributed by atoms with E-state index in [1.54, 1.807) is 18.2 Å². The lowest BCUT2D eigenvalue weighted by Gasteiger charge is -2.25. The molecule has 0 radical (unpaired) electrons. The van der Waals surface area contributed by atoms with Gasteiger partial charge in [-0.3, -0.25) is 4.57 Å². The van der Waals surface area contributed by atoms with E-state index in [2.05, 4.69) is 35.9 Å². The molecule has 0 aliphatic carbocycles. The van der Waals surface area contributed by atoms with Gasteiger partial charge in [0, 0.05) is 30.7 Å². The van der Waals surface area contributed by atoms with Gasteiger partial charge in [-0.1, -0.05) is 121 Å². The third-order valence-corrected chi connectivity index (χ3v) is 8.82. The van der Waals surface area contributed by atoms with E-state index in [-0.39, 0.29) is 19.0 Å². The van der Waals surface area contributed by atoms with Crippen molar-refractivity contribution in [1.82, 2.24) is 0 Å². The number of fused-ring (bicyclic) bond motifs is 1. The highest BCUT2D eigenvalue weighted by atomic mass is 31.2. The summed E-state index contributed by atoms with van der Waals surface area (Å²) < 4.78 is 36.1. The van der Waals surface area contributed by atoms with Gasteiger partial charge in [-0.05, 0) is 30.0 Å². The second kappa shape index (κ2) is 21.5. The number of hydrogen-bond donors (Lipinski definition) is 0. The zero-order valence-corrected chi connectivity index (χ0v) is 27.9. The fourth-order valence-corrected chi connectivity index (χ4v) is 6.09. The van der Waals surface area contributed by atoms with E-state index in [4.69, 9.17) is 18.5 Å². The van der Waals surface area contributed by atoms with Crippen LogP contribution in [0.3, 0.4) is 0 Å². The molecule has 0 aliphatic heterocycles. The highest BCUT2D eigenvalue weighted by molar-refractivity contribution is 7.46. The number of nitrogens with zero attached hydrogens (tertiary/aromatic N) is 1. The zero-order valence-electron chi connectivity index (χ0n) is 27.0. The van der Waals surface area contributed by atoms with Crippen molar-refractivity contribution in [3.8, 4) is 5.75 Å². The van der Waals surface area contributed by atoms with Gasteiger partial charge in [0.15, 0.2) is 18.9 Å². The molecule has 2 aromatic carbocycles. The molecule has 7 nitrogen and oxygen atoms in total. The van der Waals surface area contributed by atoms with Crippen LogP contribution in [0.2, 0.25) is 0 Å². The molecule has 0 fully saturated rings. The maximum atomic E-state index is 12.5. The Morgan fingerprint density at radius 2 is 1.41 bits per heavy atom. The number of hydrogen-bond acceptors (Lipinski definition) is 6. The molecule has 0 N–H and O–H groups in total. The van der Waals surface area contributed by atoms with E-state index in [1.807, 2.05) is 24.4 Å². The number of pyridine rings is 1. The number of unbranched alkanes of at least 4 members (excludes halogenated alkanes) is 13. The molecular weight excluding hydrogens is 573 g/mol. The molecule has 1 aromatic heterocycles. The SMILES string of the molecule is CCCCCCCCCCCCCCCCOCC(COP(=O)([O-])Oc1cccc(C[n+]2ccc3ccccc3c2)c1)OC. The summed E-state index contributed by atoms with van der Waals surface area (Å²) in [4.78, 5) is 12.5. The minimum atomic E-state index is -4.58. The number of benzene rings is 2. The molecule has 3 rings (SSSR count). The molecule has 8 heteroatoms. The molecule has 244 valence electrons. The topological polar surface area (TPSA) is 80.9 Å². The summed E-state index contributed by atoms with van der Waals surface area (Å²) in [5.74, 6) is 0.213. The first-order valence-electron chi connectivity index (χ1n) is 16.7. The summed E-state index contributed by atoms with van der Waals surface area (Å²) >= 11 is 0. The van der Waals surface area contributed by atoms with E-state index >= 15 is 0 Å². The van der Waals surface area contributed by atoms with Crippen molar-refractivity contribution < 1.29 is 32.5 Å². The first-order chi connectivity index (χ1) is 21.5. The molecule has 0 spiro atoms. The average Bonchev–Trinajstić information content (AvgIpc) is 3.02. The van der Waals surface area contributed by atoms with Crippen LogP contribution in [0.25, 0.3) is 10.8 Å². The van der Waals surface area contributed by atoms with Gasteiger partial charge in [-0.25, -0.2) is 4.57 Å². The Balaban J connectivity index is 1.24. The minimum Gasteiger partial charge on any atom is -0.746 e. The molecule has 0 amide bonds. The van der Waals surface area contributed by atoms with Gasteiger partial charge in [-0.2, -0.15) is 0 Å².